The van der Waals surface area contributed by atoms with E-state index in [9.17, 15) is 4.79 Å². The predicted octanol–water partition coefficient (Wildman–Crippen LogP) is 1.63. The van der Waals surface area contributed by atoms with Gasteiger partial charge in [0, 0.05) is 17.8 Å². The van der Waals surface area contributed by atoms with E-state index in [2.05, 4.69) is 30.7 Å². The van der Waals surface area contributed by atoms with Gasteiger partial charge < -0.3 is 10.6 Å². The Balaban J connectivity index is 1.98. The maximum Gasteiger partial charge on any atom is 0.233 e. The van der Waals surface area contributed by atoms with Gasteiger partial charge in [0.05, 0.1) is 6.54 Å². The minimum absolute atomic E-state index is 0.123. The Morgan fingerprint density at radius 2 is 2.12 bits per heavy atom. The molecule has 0 saturated heterocycles. The monoisotopic (exact) mass is 244 g/mol. The quantitative estimate of drug-likeness (QED) is 0.682. The highest BCUT2D eigenvalue weighted by atomic mass is 32.2. The lowest BCUT2D eigenvalue weighted by Crippen LogP contribution is -2.37. The lowest BCUT2D eigenvalue weighted by Gasteiger charge is -2.13. The average Bonchev–Trinajstić information content (AvgIpc) is 2.98. The molecular weight excluding hydrogens is 220 g/mol. The topological polar surface area (TPSA) is 41.1 Å². The van der Waals surface area contributed by atoms with E-state index in [-0.39, 0.29) is 5.91 Å². The second kappa shape index (κ2) is 6.50. The molecule has 0 radical (unpaired) electrons. The first kappa shape index (κ1) is 13.8. The molecule has 0 aromatic heterocycles. The molecule has 0 bridgehead atoms. The summed E-state index contributed by atoms with van der Waals surface area (Å²) in [5.74, 6) is 0.775. The second-order valence-electron chi connectivity index (χ2n) is 5.02. The van der Waals surface area contributed by atoms with Crippen LogP contribution in [0.2, 0.25) is 0 Å². The van der Waals surface area contributed by atoms with Crippen LogP contribution in [-0.2, 0) is 4.79 Å². The van der Waals surface area contributed by atoms with E-state index in [0.29, 0.717) is 17.2 Å². The number of hydrogen-bond donors (Lipinski definition) is 2. The molecule has 0 unspecified atom stereocenters. The van der Waals surface area contributed by atoms with Crippen molar-refractivity contribution >= 4 is 17.7 Å². The van der Waals surface area contributed by atoms with Gasteiger partial charge in [0.1, 0.15) is 0 Å². The Bertz CT molecular complexity index is 227. The van der Waals surface area contributed by atoms with Crippen LogP contribution in [0.5, 0.6) is 0 Å². The summed E-state index contributed by atoms with van der Waals surface area (Å²) in [7, 11) is 0. The highest BCUT2D eigenvalue weighted by Crippen LogP contribution is 2.46. The Morgan fingerprint density at radius 3 is 2.62 bits per heavy atom. The zero-order valence-corrected chi connectivity index (χ0v) is 11.5. The van der Waals surface area contributed by atoms with Crippen LogP contribution in [0, 0.1) is 5.92 Å². The SMILES string of the molecule is CSC1(CNCC(=O)NCCC(C)C)CC1. The van der Waals surface area contributed by atoms with Crippen molar-refractivity contribution in [3.8, 4) is 0 Å². The van der Waals surface area contributed by atoms with Crippen LogP contribution in [0.3, 0.4) is 0 Å². The normalized spacial score (nSPS) is 17.5. The van der Waals surface area contributed by atoms with Crippen molar-refractivity contribution in [2.24, 2.45) is 5.92 Å². The first-order valence-electron chi connectivity index (χ1n) is 6.10. The summed E-state index contributed by atoms with van der Waals surface area (Å²) in [6.07, 6.45) is 5.78. The lowest BCUT2D eigenvalue weighted by atomic mass is 10.1. The molecule has 1 fully saturated rings. The Kier molecular flexibility index (Phi) is 5.62. The van der Waals surface area contributed by atoms with Gasteiger partial charge in [0.2, 0.25) is 5.91 Å². The summed E-state index contributed by atoms with van der Waals surface area (Å²) in [6, 6.07) is 0. The summed E-state index contributed by atoms with van der Waals surface area (Å²) < 4.78 is 0.443. The molecule has 3 nitrogen and oxygen atoms in total. The molecule has 16 heavy (non-hydrogen) atoms. The summed E-state index contributed by atoms with van der Waals surface area (Å²) in [5.41, 5.74) is 0. The van der Waals surface area contributed by atoms with Gasteiger partial charge in [-0.05, 0) is 31.4 Å². The van der Waals surface area contributed by atoms with Gasteiger partial charge in [0.25, 0.3) is 0 Å². The van der Waals surface area contributed by atoms with Crippen molar-refractivity contribution in [3.63, 3.8) is 0 Å². The first-order valence-corrected chi connectivity index (χ1v) is 7.33. The molecule has 0 aromatic carbocycles. The molecule has 1 aliphatic rings. The summed E-state index contributed by atoms with van der Waals surface area (Å²) in [6.45, 7) is 6.55. The highest BCUT2D eigenvalue weighted by molar-refractivity contribution is 8.00. The fourth-order valence-corrected chi connectivity index (χ4v) is 2.32. The average molecular weight is 244 g/mol. The van der Waals surface area contributed by atoms with E-state index in [0.717, 1.165) is 19.5 Å². The van der Waals surface area contributed by atoms with Crippen molar-refractivity contribution in [1.29, 1.82) is 0 Å². The molecule has 1 aliphatic carbocycles. The molecule has 0 aliphatic heterocycles. The Labute approximate surface area is 103 Å². The van der Waals surface area contributed by atoms with Gasteiger partial charge in [-0.1, -0.05) is 13.8 Å². The highest BCUT2D eigenvalue weighted by Gasteiger charge is 2.41. The zero-order chi connectivity index (χ0) is 12.0. The largest absolute Gasteiger partial charge is 0.355 e. The third kappa shape index (κ3) is 5.21. The first-order chi connectivity index (χ1) is 7.58. The summed E-state index contributed by atoms with van der Waals surface area (Å²) in [4.78, 5) is 11.4. The number of carbonyl (C=O) groups excluding carboxylic acids is 1. The fourth-order valence-electron chi connectivity index (χ4n) is 1.56. The minimum atomic E-state index is 0.123. The fraction of sp³-hybridized carbons (Fsp3) is 0.917. The molecule has 94 valence electrons. The molecule has 0 aromatic rings. The van der Waals surface area contributed by atoms with E-state index < -0.39 is 0 Å². The van der Waals surface area contributed by atoms with Crippen LogP contribution in [-0.4, -0.2) is 36.5 Å². The van der Waals surface area contributed by atoms with Crippen LogP contribution < -0.4 is 10.6 Å². The Hall–Kier alpha value is -0.220. The summed E-state index contributed by atoms with van der Waals surface area (Å²) in [5, 5.41) is 6.17. The van der Waals surface area contributed by atoms with E-state index in [1.54, 1.807) is 0 Å². The molecule has 1 saturated carbocycles. The van der Waals surface area contributed by atoms with Crippen LogP contribution >= 0.6 is 11.8 Å². The number of nitrogens with one attached hydrogen (secondary N) is 2. The van der Waals surface area contributed by atoms with E-state index >= 15 is 0 Å². The smallest absolute Gasteiger partial charge is 0.233 e. The van der Waals surface area contributed by atoms with Crippen molar-refractivity contribution in [3.05, 3.63) is 0 Å². The number of hydrogen-bond acceptors (Lipinski definition) is 3. The van der Waals surface area contributed by atoms with Gasteiger partial charge in [-0.3, -0.25) is 4.79 Å². The molecular formula is C12H24N2OS. The van der Waals surface area contributed by atoms with E-state index in [1.165, 1.54) is 12.8 Å². The number of carbonyl (C=O) groups is 1. The molecule has 2 N–H and O–H groups in total. The number of thioether (sulfide) groups is 1. The number of rotatable bonds is 8. The third-order valence-electron chi connectivity index (χ3n) is 3.02. The Morgan fingerprint density at radius 1 is 1.44 bits per heavy atom. The number of amides is 1. The van der Waals surface area contributed by atoms with Gasteiger partial charge in [-0.15, -0.1) is 0 Å². The van der Waals surface area contributed by atoms with Gasteiger partial charge in [0.15, 0.2) is 0 Å². The minimum Gasteiger partial charge on any atom is -0.355 e. The van der Waals surface area contributed by atoms with Crippen molar-refractivity contribution in [1.82, 2.24) is 10.6 Å². The molecule has 0 heterocycles. The van der Waals surface area contributed by atoms with Crippen LogP contribution in [0.1, 0.15) is 33.1 Å². The maximum absolute atomic E-state index is 11.4. The molecule has 0 spiro atoms. The van der Waals surface area contributed by atoms with Gasteiger partial charge in [-0.25, -0.2) is 0 Å². The van der Waals surface area contributed by atoms with Gasteiger partial charge in [-0.2, -0.15) is 11.8 Å². The predicted molar refractivity (Wildman–Crippen MR) is 70.8 cm³/mol. The van der Waals surface area contributed by atoms with E-state index in [4.69, 9.17) is 0 Å². The van der Waals surface area contributed by atoms with Crippen LogP contribution in [0.25, 0.3) is 0 Å². The van der Waals surface area contributed by atoms with Crippen molar-refractivity contribution < 1.29 is 4.79 Å². The zero-order valence-electron chi connectivity index (χ0n) is 10.6. The van der Waals surface area contributed by atoms with E-state index in [1.807, 2.05) is 11.8 Å². The molecule has 0 atom stereocenters. The maximum atomic E-state index is 11.4. The van der Waals surface area contributed by atoms with Gasteiger partial charge >= 0.3 is 0 Å². The van der Waals surface area contributed by atoms with Crippen molar-refractivity contribution in [2.45, 2.75) is 37.9 Å². The molecule has 1 amide bonds. The lowest BCUT2D eigenvalue weighted by molar-refractivity contribution is -0.120. The summed E-state index contributed by atoms with van der Waals surface area (Å²) >= 11 is 1.92. The van der Waals surface area contributed by atoms with Crippen molar-refractivity contribution in [2.75, 3.05) is 25.9 Å². The second-order valence-corrected chi connectivity index (χ2v) is 6.30. The third-order valence-corrected chi connectivity index (χ3v) is 4.44. The molecule has 1 rings (SSSR count). The van der Waals surface area contributed by atoms with Crippen LogP contribution in [0.15, 0.2) is 0 Å². The van der Waals surface area contributed by atoms with Crippen LogP contribution in [0.4, 0.5) is 0 Å². The standard InChI is InChI=1S/C12H24N2OS/c1-10(2)4-7-14-11(15)8-13-9-12(16-3)5-6-12/h10,13H,4-9H2,1-3H3,(H,14,15). The molecule has 4 heteroatoms.